The molecule has 0 radical (unpaired) electrons. The number of aliphatic carboxylic acids is 1. The Hall–Kier alpha value is -1.56. The number of hydrogen-bond donors (Lipinski definition) is 9. The normalized spacial score (nSPS) is 45.1. The van der Waals surface area contributed by atoms with Crippen LogP contribution in [0.5, 0.6) is 0 Å². The van der Waals surface area contributed by atoms with E-state index in [4.69, 9.17) is 33.3 Å². The molecule has 2 saturated heterocycles. The van der Waals surface area contributed by atoms with Crippen molar-refractivity contribution < 1.29 is 86.5 Å². The fourth-order valence-corrected chi connectivity index (χ4v) is 4.42. The summed E-state index contributed by atoms with van der Waals surface area (Å²) in [5.74, 6) is -2.45. The summed E-state index contributed by atoms with van der Waals surface area (Å²) >= 11 is 0. The molecule has 18 nitrogen and oxygen atoms in total. The summed E-state index contributed by atoms with van der Waals surface area (Å²) in [5, 5.41) is 80.5. The van der Waals surface area contributed by atoms with Gasteiger partial charge in [0.05, 0.1) is 12.7 Å². The minimum absolute atomic E-state index is 0.680. The van der Waals surface area contributed by atoms with E-state index in [2.05, 4.69) is 4.18 Å². The molecule has 19 heteroatoms. The van der Waals surface area contributed by atoms with Gasteiger partial charge in [0, 0.05) is 0 Å². The number of aliphatic hydroxyl groups excluding tert-OH is 7. The number of ether oxygens (including phenoxy) is 5. The second-order valence-electron chi connectivity index (χ2n) is 8.42. The van der Waals surface area contributed by atoms with Gasteiger partial charge in [-0.2, -0.15) is 8.42 Å². The second-order valence-corrected chi connectivity index (χ2v) is 9.47. The second kappa shape index (κ2) is 11.7. The highest BCUT2D eigenvalue weighted by molar-refractivity contribution is 7.80. The molecule has 3 heterocycles. The molecule has 0 bridgehead atoms. The summed E-state index contributed by atoms with van der Waals surface area (Å²) in [5.41, 5.74) is 0. The van der Waals surface area contributed by atoms with Gasteiger partial charge < -0.3 is 64.5 Å². The molecule has 9 N–H and O–H groups in total. The van der Waals surface area contributed by atoms with Crippen LogP contribution in [0.25, 0.3) is 0 Å². The van der Waals surface area contributed by atoms with E-state index in [1.54, 1.807) is 0 Å². The standard InChI is InChI=1S/C18H28O18S/c1-4-8(21)12(36-37(28,29)30)11(24)18(31-4)34-13-10(23)7(3-19)32-16(27)14(13)35-17-9(22)5(20)2-6(33-17)15(25)26/h2,4-5,7-14,16-24,27H,3H2,1H3,(H,25,26)(H,28,29,30)/t4-,5-,7+,8+,9+,10+,11-,12+,13-,14-,16?,17-,18-/m0/s1. The van der Waals surface area contributed by atoms with Gasteiger partial charge in [-0.25, -0.2) is 8.98 Å². The predicted molar refractivity (Wildman–Crippen MR) is 109 cm³/mol. The van der Waals surface area contributed by atoms with Crippen LogP contribution in [0.4, 0.5) is 0 Å². The van der Waals surface area contributed by atoms with Crippen molar-refractivity contribution in [1.29, 1.82) is 0 Å². The number of carboxylic acid groups (broad SMARTS) is 1. The zero-order chi connectivity index (χ0) is 27.8. The van der Waals surface area contributed by atoms with Gasteiger partial charge in [-0.1, -0.05) is 0 Å². The fourth-order valence-electron chi connectivity index (χ4n) is 3.91. The highest BCUT2D eigenvalue weighted by Crippen LogP contribution is 2.33. The van der Waals surface area contributed by atoms with Gasteiger partial charge in [-0.15, -0.1) is 0 Å². The molecule has 3 aliphatic heterocycles. The number of aliphatic hydroxyl groups is 7. The Bertz CT molecular complexity index is 941. The van der Waals surface area contributed by atoms with Crippen molar-refractivity contribution in [2.24, 2.45) is 0 Å². The van der Waals surface area contributed by atoms with E-state index < -0.39 is 109 Å². The quantitative estimate of drug-likeness (QED) is 0.124. The largest absolute Gasteiger partial charge is 0.475 e. The predicted octanol–water partition coefficient (Wildman–Crippen LogP) is -5.47. The Morgan fingerprint density at radius 1 is 0.919 bits per heavy atom. The van der Waals surface area contributed by atoms with Gasteiger partial charge in [-0.05, 0) is 13.0 Å². The molecule has 0 aliphatic carbocycles. The molecule has 0 amide bonds. The average molecular weight is 564 g/mol. The first kappa shape index (κ1) is 30.0. The van der Waals surface area contributed by atoms with Crippen molar-refractivity contribution in [1.82, 2.24) is 0 Å². The zero-order valence-electron chi connectivity index (χ0n) is 18.9. The number of carboxylic acids is 1. The van der Waals surface area contributed by atoms with Gasteiger partial charge in [0.1, 0.15) is 54.9 Å². The number of rotatable bonds is 8. The van der Waals surface area contributed by atoms with Crippen LogP contribution in [0.15, 0.2) is 11.8 Å². The van der Waals surface area contributed by atoms with Crippen molar-refractivity contribution in [3.63, 3.8) is 0 Å². The third kappa shape index (κ3) is 6.72. The molecule has 37 heavy (non-hydrogen) atoms. The van der Waals surface area contributed by atoms with E-state index in [1.807, 2.05) is 0 Å². The highest BCUT2D eigenvalue weighted by atomic mass is 32.3. The minimum Gasteiger partial charge on any atom is -0.475 e. The van der Waals surface area contributed by atoms with Crippen molar-refractivity contribution in [2.75, 3.05) is 6.61 Å². The number of carbonyl (C=O) groups is 1. The number of hydrogen-bond acceptors (Lipinski definition) is 16. The Kier molecular flexibility index (Phi) is 9.46. The lowest BCUT2D eigenvalue weighted by Crippen LogP contribution is -2.65. The van der Waals surface area contributed by atoms with E-state index in [0.29, 0.717) is 6.08 Å². The zero-order valence-corrected chi connectivity index (χ0v) is 19.7. The lowest BCUT2D eigenvalue weighted by molar-refractivity contribution is -0.372. The SMILES string of the molecule is C[C@@H]1O[C@@H](O[C@H]2[C@H](O)[C@@H](CO)OC(O)[C@H]2O[C@@H]2OC(C(=O)O)=C[C@H](O)[C@H]2O)[C@@H](O)[C@H](OS(=O)(=O)O)[C@@H]1O. The average Bonchev–Trinajstić information content (AvgIpc) is 2.80. The Morgan fingerprint density at radius 3 is 2.11 bits per heavy atom. The smallest absolute Gasteiger partial charge is 0.397 e. The summed E-state index contributed by atoms with van der Waals surface area (Å²) in [6.07, 6.45) is -23.2. The molecule has 0 saturated carbocycles. The summed E-state index contributed by atoms with van der Waals surface area (Å²) in [7, 11) is -5.17. The Labute approximate surface area is 208 Å². The van der Waals surface area contributed by atoms with E-state index in [-0.39, 0.29) is 0 Å². The topological polar surface area (TPSA) is 289 Å². The van der Waals surface area contributed by atoms with Crippen LogP contribution >= 0.6 is 0 Å². The molecule has 214 valence electrons. The van der Waals surface area contributed by atoms with Crippen LogP contribution in [0.2, 0.25) is 0 Å². The van der Waals surface area contributed by atoms with Gasteiger partial charge in [0.15, 0.2) is 12.6 Å². The summed E-state index contributed by atoms with van der Waals surface area (Å²) in [6, 6.07) is 0. The van der Waals surface area contributed by atoms with Crippen LogP contribution in [-0.4, -0.2) is 146 Å². The maximum atomic E-state index is 11.2. The fraction of sp³-hybridized carbons (Fsp3) is 0.833. The van der Waals surface area contributed by atoms with Crippen molar-refractivity contribution in [3.8, 4) is 0 Å². The van der Waals surface area contributed by atoms with Crippen molar-refractivity contribution in [3.05, 3.63) is 11.8 Å². The van der Waals surface area contributed by atoms with Gasteiger partial charge in [0.2, 0.25) is 12.0 Å². The lowest BCUT2D eigenvalue weighted by Gasteiger charge is -2.47. The molecule has 0 aromatic rings. The van der Waals surface area contributed by atoms with Crippen LogP contribution in [0.3, 0.4) is 0 Å². The first-order chi connectivity index (χ1) is 17.1. The molecule has 1 unspecified atom stereocenters. The van der Waals surface area contributed by atoms with E-state index in [1.165, 1.54) is 6.92 Å². The van der Waals surface area contributed by atoms with Gasteiger partial charge >= 0.3 is 16.4 Å². The Balaban J connectivity index is 1.87. The van der Waals surface area contributed by atoms with Crippen molar-refractivity contribution in [2.45, 2.75) is 86.8 Å². The monoisotopic (exact) mass is 564 g/mol. The molecular formula is C18H28O18S. The first-order valence-corrected chi connectivity index (χ1v) is 12.1. The van der Waals surface area contributed by atoms with Crippen molar-refractivity contribution >= 4 is 16.4 Å². The molecule has 3 aliphatic rings. The maximum absolute atomic E-state index is 11.2. The van der Waals surface area contributed by atoms with Crippen LogP contribution in [0, 0.1) is 0 Å². The molecule has 13 atom stereocenters. The first-order valence-electron chi connectivity index (χ1n) is 10.7. The summed E-state index contributed by atoms with van der Waals surface area (Å²) < 4.78 is 61.8. The molecule has 0 aromatic carbocycles. The summed E-state index contributed by atoms with van der Waals surface area (Å²) in [6.45, 7) is 0.357. The van der Waals surface area contributed by atoms with Crippen LogP contribution in [-0.2, 0) is 43.1 Å². The molecule has 3 rings (SSSR count). The van der Waals surface area contributed by atoms with Gasteiger partial charge in [-0.3, -0.25) is 4.55 Å². The Morgan fingerprint density at radius 2 is 1.54 bits per heavy atom. The van der Waals surface area contributed by atoms with E-state index in [0.717, 1.165) is 0 Å². The van der Waals surface area contributed by atoms with Gasteiger partial charge in [0.25, 0.3) is 0 Å². The molecule has 0 spiro atoms. The maximum Gasteiger partial charge on any atom is 0.397 e. The minimum atomic E-state index is -5.17. The van der Waals surface area contributed by atoms with Crippen LogP contribution in [0.1, 0.15) is 6.92 Å². The molecular weight excluding hydrogens is 536 g/mol. The van der Waals surface area contributed by atoms with E-state index in [9.17, 15) is 49.0 Å². The van der Waals surface area contributed by atoms with Crippen LogP contribution < -0.4 is 0 Å². The third-order valence-corrected chi connectivity index (χ3v) is 6.28. The molecule has 2 fully saturated rings. The molecule has 0 aromatic heterocycles. The highest BCUT2D eigenvalue weighted by Gasteiger charge is 2.53. The third-order valence-electron chi connectivity index (χ3n) is 5.82. The lowest BCUT2D eigenvalue weighted by atomic mass is 9.97. The van der Waals surface area contributed by atoms with E-state index >= 15 is 0 Å². The summed E-state index contributed by atoms with van der Waals surface area (Å²) in [4.78, 5) is 11.2.